The summed E-state index contributed by atoms with van der Waals surface area (Å²) < 4.78 is 6.84. The van der Waals surface area contributed by atoms with Crippen LogP contribution < -0.4 is 10.6 Å². The van der Waals surface area contributed by atoms with Crippen LogP contribution in [0.5, 0.6) is 0 Å². The lowest BCUT2D eigenvalue weighted by molar-refractivity contribution is 0.0951. The Bertz CT molecular complexity index is 1820. The van der Waals surface area contributed by atoms with E-state index in [9.17, 15) is 9.59 Å². The minimum atomic E-state index is -0.314. The van der Waals surface area contributed by atoms with E-state index in [-0.39, 0.29) is 11.8 Å². The highest BCUT2D eigenvalue weighted by atomic mass is 32.1. The smallest absolute Gasteiger partial charge is 0.274 e. The summed E-state index contributed by atoms with van der Waals surface area (Å²) in [5.74, 6) is 0.496. The van der Waals surface area contributed by atoms with Crippen molar-refractivity contribution < 1.29 is 14.1 Å². The Morgan fingerprint density at radius 1 is 1.00 bits per heavy atom. The standard InChI is InChI=1S/C31H35N9O3S/c1-19-6-7-22(28-35-21(3)43-37-28)16-24(19)36-29(41)25-17-33-26-9-8-23(18-40(25)26)31-34-20(2)27(44-31)30(42)32-10-5-11-39-14-12-38(4)13-15-39/h6-9,16-18H,5,10-15H2,1-4H3,(H,32,42)(H,36,41). The summed E-state index contributed by atoms with van der Waals surface area (Å²) in [6, 6.07) is 9.35. The number of hydrogen-bond acceptors (Lipinski definition) is 10. The second-order valence-corrected chi connectivity index (χ2v) is 12.1. The van der Waals surface area contributed by atoms with E-state index < -0.39 is 0 Å². The first-order chi connectivity index (χ1) is 21.2. The zero-order valence-corrected chi connectivity index (χ0v) is 26.1. The van der Waals surface area contributed by atoms with Crippen LogP contribution in [-0.4, -0.2) is 92.4 Å². The average Bonchev–Trinajstić information content (AvgIpc) is 3.75. The van der Waals surface area contributed by atoms with Crippen molar-refractivity contribution in [1.82, 2.24) is 39.6 Å². The van der Waals surface area contributed by atoms with Gasteiger partial charge in [0.1, 0.15) is 21.2 Å². The summed E-state index contributed by atoms with van der Waals surface area (Å²) in [6.07, 6.45) is 4.28. The number of imidazole rings is 1. The number of benzene rings is 1. The van der Waals surface area contributed by atoms with Crippen LogP contribution in [-0.2, 0) is 0 Å². The number of thiazole rings is 1. The molecule has 0 radical (unpaired) electrons. The molecule has 0 bridgehead atoms. The number of aromatic nitrogens is 5. The highest BCUT2D eigenvalue weighted by molar-refractivity contribution is 7.17. The van der Waals surface area contributed by atoms with E-state index in [0.717, 1.165) is 55.8 Å². The molecule has 228 valence electrons. The molecule has 13 heteroatoms. The van der Waals surface area contributed by atoms with E-state index in [1.807, 2.05) is 50.4 Å². The third kappa shape index (κ3) is 6.39. The fourth-order valence-electron chi connectivity index (χ4n) is 5.16. The number of carbonyl (C=O) groups excluding carboxylic acids is 2. The van der Waals surface area contributed by atoms with Gasteiger partial charge >= 0.3 is 0 Å². The normalized spacial score (nSPS) is 14.3. The van der Waals surface area contributed by atoms with Gasteiger partial charge in [-0.1, -0.05) is 17.3 Å². The molecule has 0 atom stereocenters. The van der Waals surface area contributed by atoms with Gasteiger partial charge in [-0.25, -0.2) is 9.97 Å². The van der Waals surface area contributed by atoms with Crippen LogP contribution in [0.3, 0.4) is 0 Å². The molecular weight excluding hydrogens is 578 g/mol. The number of amides is 2. The molecule has 1 fully saturated rings. The molecule has 0 aliphatic carbocycles. The summed E-state index contributed by atoms with van der Waals surface area (Å²) >= 11 is 1.35. The summed E-state index contributed by atoms with van der Waals surface area (Å²) in [5, 5.41) is 10.7. The zero-order chi connectivity index (χ0) is 30.8. The predicted molar refractivity (Wildman–Crippen MR) is 169 cm³/mol. The lowest BCUT2D eigenvalue weighted by Crippen LogP contribution is -2.45. The lowest BCUT2D eigenvalue weighted by atomic mass is 10.1. The summed E-state index contributed by atoms with van der Waals surface area (Å²) in [5.41, 5.74) is 4.72. The molecule has 1 aliphatic heterocycles. The first-order valence-electron chi connectivity index (χ1n) is 14.6. The number of likely N-dealkylation sites (N-methyl/N-ethyl adjacent to an activating group) is 1. The van der Waals surface area contributed by atoms with Crippen LogP contribution in [0.15, 0.2) is 47.2 Å². The van der Waals surface area contributed by atoms with Crippen molar-refractivity contribution in [3.8, 4) is 22.0 Å². The van der Waals surface area contributed by atoms with Crippen molar-refractivity contribution >= 4 is 34.5 Å². The zero-order valence-electron chi connectivity index (χ0n) is 25.3. The van der Waals surface area contributed by atoms with E-state index >= 15 is 0 Å². The van der Waals surface area contributed by atoms with Gasteiger partial charge in [-0.15, -0.1) is 11.3 Å². The molecule has 5 heterocycles. The van der Waals surface area contributed by atoms with Crippen molar-refractivity contribution in [3.63, 3.8) is 0 Å². The maximum absolute atomic E-state index is 13.4. The Kier molecular flexibility index (Phi) is 8.51. The quantitative estimate of drug-likeness (QED) is 0.236. The molecule has 44 heavy (non-hydrogen) atoms. The molecule has 5 aromatic rings. The summed E-state index contributed by atoms with van der Waals surface area (Å²) in [6.45, 7) is 11.4. The topological polar surface area (TPSA) is 134 Å². The van der Waals surface area contributed by atoms with Gasteiger partial charge in [0.2, 0.25) is 11.7 Å². The Balaban J connectivity index is 1.14. The van der Waals surface area contributed by atoms with Crippen LogP contribution in [0, 0.1) is 20.8 Å². The van der Waals surface area contributed by atoms with E-state index in [4.69, 9.17) is 4.52 Å². The van der Waals surface area contributed by atoms with Gasteiger partial charge in [0.05, 0.1) is 11.9 Å². The lowest BCUT2D eigenvalue weighted by Gasteiger charge is -2.32. The van der Waals surface area contributed by atoms with Crippen LogP contribution in [0.4, 0.5) is 5.69 Å². The van der Waals surface area contributed by atoms with E-state index in [1.165, 1.54) is 11.3 Å². The molecular formula is C31H35N9O3S. The Morgan fingerprint density at radius 3 is 2.57 bits per heavy atom. The van der Waals surface area contributed by atoms with Crippen LogP contribution in [0.25, 0.3) is 27.6 Å². The first kappa shape index (κ1) is 29.6. The number of piperazine rings is 1. The molecule has 1 saturated heterocycles. The van der Waals surface area contributed by atoms with Gasteiger partial charge in [-0.3, -0.25) is 14.0 Å². The monoisotopic (exact) mass is 613 g/mol. The molecule has 0 saturated carbocycles. The molecule has 1 aliphatic rings. The first-order valence-corrected chi connectivity index (χ1v) is 15.4. The SMILES string of the molecule is Cc1nc(-c2ccc(C)c(NC(=O)c3cnc4ccc(-c5nc(C)c(C(=O)NCCCN6CCN(C)CC6)s5)cn34)c2)no1. The van der Waals surface area contributed by atoms with Gasteiger partial charge in [0, 0.05) is 62.7 Å². The average molecular weight is 614 g/mol. The maximum atomic E-state index is 13.4. The number of rotatable bonds is 9. The van der Waals surface area contributed by atoms with E-state index in [2.05, 4.69) is 47.6 Å². The predicted octanol–water partition coefficient (Wildman–Crippen LogP) is 4.05. The number of pyridine rings is 1. The molecule has 2 N–H and O–H groups in total. The number of fused-ring (bicyclic) bond motifs is 1. The number of hydrogen-bond donors (Lipinski definition) is 2. The number of nitrogens with one attached hydrogen (secondary N) is 2. The van der Waals surface area contributed by atoms with Crippen molar-refractivity contribution in [1.29, 1.82) is 0 Å². The van der Waals surface area contributed by atoms with Gasteiger partial charge in [0.25, 0.3) is 11.8 Å². The minimum absolute atomic E-state index is 0.109. The second kappa shape index (κ2) is 12.6. The third-order valence-electron chi connectivity index (χ3n) is 7.79. The second-order valence-electron chi connectivity index (χ2n) is 11.1. The largest absolute Gasteiger partial charge is 0.351 e. The number of anilines is 1. The van der Waals surface area contributed by atoms with Gasteiger partial charge in [0.15, 0.2) is 0 Å². The fourth-order valence-corrected chi connectivity index (χ4v) is 6.13. The highest BCUT2D eigenvalue weighted by Crippen LogP contribution is 2.29. The number of carbonyl (C=O) groups is 2. The van der Waals surface area contributed by atoms with Crippen molar-refractivity contribution in [2.75, 3.05) is 51.6 Å². The van der Waals surface area contributed by atoms with Crippen molar-refractivity contribution in [2.45, 2.75) is 27.2 Å². The number of nitrogens with zero attached hydrogens (tertiary/aromatic N) is 7. The highest BCUT2D eigenvalue weighted by Gasteiger charge is 2.19. The molecule has 12 nitrogen and oxygen atoms in total. The van der Waals surface area contributed by atoms with Crippen molar-refractivity contribution in [2.24, 2.45) is 0 Å². The Labute approximate surface area is 259 Å². The third-order valence-corrected chi connectivity index (χ3v) is 9.00. The van der Waals surface area contributed by atoms with Gasteiger partial charge in [-0.2, -0.15) is 4.98 Å². The minimum Gasteiger partial charge on any atom is -0.351 e. The van der Waals surface area contributed by atoms with Crippen molar-refractivity contribution in [3.05, 3.63) is 70.4 Å². The molecule has 0 spiro atoms. The maximum Gasteiger partial charge on any atom is 0.274 e. The molecule has 6 rings (SSSR count). The van der Waals surface area contributed by atoms with E-state index in [1.54, 1.807) is 17.5 Å². The Morgan fingerprint density at radius 2 is 1.80 bits per heavy atom. The summed E-state index contributed by atoms with van der Waals surface area (Å²) in [7, 11) is 2.15. The molecule has 1 aromatic carbocycles. The van der Waals surface area contributed by atoms with Gasteiger partial charge in [-0.05, 0) is 57.6 Å². The summed E-state index contributed by atoms with van der Waals surface area (Å²) in [4.78, 5) is 45.2. The molecule has 0 unspecified atom stereocenters. The molecule has 2 amide bonds. The van der Waals surface area contributed by atoms with Crippen LogP contribution >= 0.6 is 11.3 Å². The Hall–Kier alpha value is -4.46. The van der Waals surface area contributed by atoms with E-state index in [0.29, 0.717) is 50.9 Å². The fraction of sp³-hybridized carbons (Fsp3) is 0.355. The molecule has 4 aromatic heterocycles. The number of aryl methyl sites for hydroxylation is 3. The van der Waals surface area contributed by atoms with Crippen LogP contribution in [0.1, 0.15) is 43.7 Å². The van der Waals surface area contributed by atoms with Crippen LogP contribution in [0.2, 0.25) is 0 Å². The van der Waals surface area contributed by atoms with Gasteiger partial charge < -0.3 is 25.0 Å².